The fourth-order valence-corrected chi connectivity index (χ4v) is 7.20. The number of azo groups is 1. The second-order valence-electron chi connectivity index (χ2n) is 11.8. The first kappa shape index (κ1) is 31.1. The molecule has 1 N–H and O–H groups in total. The molecule has 1 spiro atoms. The normalized spacial score (nSPS) is 17.8. The molecule has 0 saturated heterocycles. The zero-order valence-corrected chi connectivity index (χ0v) is 26.8. The van der Waals surface area contributed by atoms with Crippen LogP contribution in [-0.4, -0.2) is 47.1 Å². The number of rotatable bonds is 10. The second-order valence-corrected chi connectivity index (χ2v) is 12.6. The second kappa shape index (κ2) is 13.6. The number of hydrogen-bond donors (Lipinski definition) is 1. The fourth-order valence-electron chi connectivity index (χ4n) is 6.58. The lowest BCUT2D eigenvalue weighted by Gasteiger charge is -2.44. The summed E-state index contributed by atoms with van der Waals surface area (Å²) in [6.45, 7) is 2.71. The fraction of sp³-hybridized carbons (Fsp3) is 0.371. The van der Waals surface area contributed by atoms with Gasteiger partial charge < -0.3 is 10.2 Å². The minimum absolute atomic E-state index is 0.0464. The molecule has 0 unspecified atom stereocenters. The van der Waals surface area contributed by atoms with Gasteiger partial charge in [0.25, 0.3) is 11.8 Å². The molecule has 3 aromatic rings. The molecule has 0 radical (unpaired) electrons. The van der Waals surface area contributed by atoms with Gasteiger partial charge in [0.15, 0.2) is 12.5 Å². The number of benzene rings is 3. The van der Waals surface area contributed by atoms with Crippen molar-refractivity contribution in [3.63, 3.8) is 0 Å². The van der Waals surface area contributed by atoms with Crippen molar-refractivity contribution in [2.45, 2.75) is 70.0 Å². The van der Waals surface area contributed by atoms with Crippen molar-refractivity contribution in [2.24, 2.45) is 20.2 Å². The molecule has 1 atom stereocenters. The van der Waals surface area contributed by atoms with Gasteiger partial charge in [-0.3, -0.25) is 14.6 Å². The van der Waals surface area contributed by atoms with E-state index in [0.29, 0.717) is 33.8 Å². The Labute approximate surface area is 273 Å². The van der Waals surface area contributed by atoms with Gasteiger partial charge in [0.2, 0.25) is 0 Å². The van der Waals surface area contributed by atoms with E-state index in [9.17, 15) is 9.59 Å². The van der Waals surface area contributed by atoms with E-state index in [1.807, 2.05) is 66.7 Å². The minimum atomic E-state index is -0.583. The lowest BCUT2D eigenvalue weighted by Crippen LogP contribution is -2.50. The Balaban J connectivity index is 1.29. The van der Waals surface area contributed by atoms with Crippen LogP contribution in [-0.2, 0) is 4.79 Å². The smallest absolute Gasteiger partial charge is 0.275 e. The number of nitrogens with zero attached hydrogens (tertiary/aromatic N) is 5. The molecule has 10 heteroatoms. The van der Waals surface area contributed by atoms with Crippen LogP contribution < -0.4 is 5.32 Å². The highest BCUT2D eigenvalue weighted by atomic mass is 35.5. The van der Waals surface area contributed by atoms with E-state index in [4.69, 9.17) is 28.2 Å². The standard InChI is InChI=1S/C35H36Cl2N6O2/c1-2-3-10-29(23-11-17-26(18-12-23)33(44)38-21-30-39-22-40-42-30)43-34(45)32(41-35(43)19-5-4-6-20-35)25-15-13-24(14-16-25)31-27(36)8-7-9-28(31)37/h7-9,11-18,29H,2-6,10,19-22H2,1H3,(H,38,44)/t29-/m1/s1. The van der Waals surface area contributed by atoms with Gasteiger partial charge in [-0.25, -0.2) is 4.99 Å². The molecule has 1 aliphatic carbocycles. The van der Waals surface area contributed by atoms with Crippen molar-refractivity contribution >= 4 is 46.6 Å². The monoisotopic (exact) mass is 642 g/mol. The van der Waals surface area contributed by atoms with Gasteiger partial charge in [0.05, 0.1) is 12.6 Å². The van der Waals surface area contributed by atoms with Crippen LogP contribution in [0.25, 0.3) is 11.1 Å². The summed E-state index contributed by atoms with van der Waals surface area (Å²) in [6, 6.07) is 20.7. The number of unbranched alkanes of at least 4 members (excludes halogenated alkanes) is 1. The molecular formula is C35H36Cl2N6O2. The van der Waals surface area contributed by atoms with Gasteiger partial charge in [-0.15, -0.1) is 5.11 Å². The van der Waals surface area contributed by atoms with Crippen molar-refractivity contribution in [1.82, 2.24) is 10.2 Å². The lowest BCUT2D eigenvalue weighted by atomic mass is 9.86. The number of carbonyl (C=O) groups is 2. The molecule has 45 heavy (non-hydrogen) atoms. The number of amides is 2. The molecule has 2 aliphatic heterocycles. The largest absolute Gasteiger partial charge is 0.345 e. The maximum absolute atomic E-state index is 14.5. The molecule has 2 amide bonds. The predicted molar refractivity (Wildman–Crippen MR) is 179 cm³/mol. The highest BCUT2D eigenvalue weighted by Crippen LogP contribution is 2.46. The zero-order valence-electron chi connectivity index (χ0n) is 25.3. The number of nitrogens with one attached hydrogen (secondary N) is 1. The Morgan fingerprint density at radius 1 is 0.956 bits per heavy atom. The van der Waals surface area contributed by atoms with Gasteiger partial charge in [-0.1, -0.05) is 91.9 Å². The average Bonchev–Trinajstić information content (AvgIpc) is 3.68. The summed E-state index contributed by atoms with van der Waals surface area (Å²) >= 11 is 12.9. The molecule has 3 aromatic carbocycles. The highest BCUT2D eigenvalue weighted by molar-refractivity contribution is 6.47. The van der Waals surface area contributed by atoms with Gasteiger partial charge in [-0.2, -0.15) is 5.11 Å². The zero-order chi connectivity index (χ0) is 31.4. The van der Waals surface area contributed by atoms with E-state index < -0.39 is 5.66 Å². The molecule has 2 heterocycles. The quantitative estimate of drug-likeness (QED) is 0.240. The summed E-state index contributed by atoms with van der Waals surface area (Å²) < 4.78 is 0. The summed E-state index contributed by atoms with van der Waals surface area (Å²) in [6.07, 6.45) is 7.63. The summed E-state index contributed by atoms with van der Waals surface area (Å²) in [7, 11) is 0. The molecule has 8 nitrogen and oxygen atoms in total. The van der Waals surface area contributed by atoms with E-state index in [-0.39, 0.29) is 24.4 Å². The average molecular weight is 644 g/mol. The van der Waals surface area contributed by atoms with Gasteiger partial charge in [0, 0.05) is 26.7 Å². The topological polar surface area (TPSA) is 98.9 Å². The first-order valence-corrected chi connectivity index (χ1v) is 16.4. The van der Waals surface area contributed by atoms with E-state index >= 15 is 0 Å². The van der Waals surface area contributed by atoms with Crippen molar-refractivity contribution < 1.29 is 9.59 Å². The molecule has 1 saturated carbocycles. The van der Waals surface area contributed by atoms with E-state index in [0.717, 1.165) is 73.6 Å². The molecule has 3 aliphatic rings. The van der Waals surface area contributed by atoms with Gasteiger partial charge in [-0.05, 0) is 67.5 Å². The number of aliphatic imine (C=N–C) groups is 2. The molecular weight excluding hydrogens is 607 g/mol. The number of hydrogen-bond acceptors (Lipinski definition) is 6. The lowest BCUT2D eigenvalue weighted by molar-refractivity contribution is -0.132. The SMILES string of the molecule is CCCC[C@H](c1ccc(C(=O)NCC2=NCN=N2)cc1)N1C(=O)C(c2ccc(-c3c(Cl)cccc3Cl)cc2)=NC12CCCCC2. The van der Waals surface area contributed by atoms with Crippen LogP contribution in [0.2, 0.25) is 10.0 Å². The van der Waals surface area contributed by atoms with E-state index in [1.54, 1.807) is 0 Å². The predicted octanol–water partition coefficient (Wildman–Crippen LogP) is 8.44. The summed E-state index contributed by atoms with van der Waals surface area (Å²) in [5, 5.41) is 11.7. The highest BCUT2D eigenvalue weighted by Gasteiger charge is 2.50. The van der Waals surface area contributed by atoms with Crippen LogP contribution in [0.5, 0.6) is 0 Å². The Kier molecular flexibility index (Phi) is 9.42. The van der Waals surface area contributed by atoms with Gasteiger partial charge >= 0.3 is 0 Å². The minimum Gasteiger partial charge on any atom is -0.345 e. The van der Waals surface area contributed by atoms with Crippen LogP contribution in [0.4, 0.5) is 0 Å². The third-order valence-electron chi connectivity index (χ3n) is 8.86. The van der Waals surface area contributed by atoms with Crippen molar-refractivity contribution in [2.75, 3.05) is 13.2 Å². The molecule has 0 aromatic heterocycles. The molecule has 232 valence electrons. The van der Waals surface area contributed by atoms with Crippen LogP contribution in [0.3, 0.4) is 0 Å². The summed E-state index contributed by atoms with van der Waals surface area (Å²) in [4.78, 5) is 38.7. The first-order valence-electron chi connectivity index (χ1n) is 15.7. The Morgan fingerprint density at radius 3 is 2.29 bits per heavy atom. The Hall–Kier alpha value is -3.88. The van der Waals surface area contributed by atoms with Crippen molar-refractivity contribution in [3.05, 3.63) is 93.5 Å². The number of carbonyl (C=O) groups excluding carboxylic acids is 2. The summed E-state index contributed by atoms with van der Waals surface area (Å²) in [5.41, 5.74) is 3.90. The third-order valence-corrected chi connectivity index (χ3v) is 9.49. The number of amidine groups is 1. The van der Waals surface area contributed by atoms with E-state index in [1.165, 1.54) is 0 Å². The molecule has 6 rings (SSSR count). The molecule has 1 fully saturated rings. The van der Waals surface area contributed by atoms with Crippen LogP contribution in [0.1, 0.15) is 85.8 Å². The van der Waals surface area contributed by atoms with Crippen LogP contribution in [0, 0.1) is 0 Å². The van der Waals surface area contributed by atoms with Crippen molar-refractivity contribution in [3.8, 4) is 11.1 Å². The Bertz CT molecular complexity index is 1640. The summed E-state index contributed by atoms with van der Waals surface area (Å²) in [5.74, 6) is 0.266. The molecule has 0 bridgehead atoms. The van der Waals surface area contributed by atoms with Crippen molar-refractivity contribution in [1.29, 1.82) is 0 Å². The Morgan fingerprint density at radius 2 is 1.64 bits per heavy atom. The van der Waals surface area contributed by atoms with Crippen LogP contribution >= 0.6 is 23.2 Å². The van der Waals surface area contributed by atoms with Crippen LogP contribution in [0.15, 0.2) is 86.9 Å². The first-order chi connectivity index (χ1) is 21.9. The number of halogens is 2. The maximum Gasteiger partial charge on any atom is 0.275 e. The maximum atomic E-state index is 14.5. The van der Waals surface area contributed by atoms with E-state index in [2.05, 4.69) is 32.4 Å². The van der Waals surface area contributed by atoms with Gasteiger partial charge in [0.1, 0.15) is 11.4 Å². The third kappa shape index (κ3) is 6.44.